The maximum absolute atomic E-state index is 15.3. The number of hydrogen-bond acceptors (Lipinski definition) is 4. The van der Waals surface area contributed by atoms with E-state index in [9.17, 15) is 0 Å². The molecule has 0 spiro atoms. The standard InChI is InChI=1S/C28H36FN5/c1-19(2)34-18-24(23-16-22(7-8-25(23)29)33-11-5-6-12-33)27-26(15-20(3)31-28(27)34)30-17-21-9-13-32(4)14-10-21/h7-8,15-19H,5-6,9-14H2,1-4H3,(H,30,31). The van der Waals surface area contributed by atoms with Crippen LogP contribution < -0.4 is 10.2 Å². The molecule has 2 aliphatic heterocycles. The highest BCUT2D eigenvalue weighted by Crippen LogP contribution is 2.39. The number of nitrogens with one attached hydrogen (secondary N) is 1. The topological polar surface area (TPSA) is 36.3 Å². The number of piperidine rings is 1. The summed E-state index contributed by atoms with van der Waals surface area (Å²) < 4.78 is 17.5. The van der Waals surface area contributed by atoms with E-state index in [1.54, 1.807) is 6.07 Å². The number of pyridine rings is 1. The Hall–Kier alpha value is -2.86. The monoisotopic (exact) mass is 461 g/mol. The zero-order valence-electron chi connectivity index (χ0n) is 20.9. The Labute approximate surface area is 202 Å². The summed E-state index contributed by atoms with van der Waals surface area (Å²) in [4.78, 5) is 9.62. The Morgan fingerprint density at radius 1 is 1.03 bits per heavy atom. The third kappa shape index (κ3) is 4.43. The molecule has 0 amide bonds. The number of halogens is 1. The zero-order chi connectivity index (χ0) is 23.8. The van der Waals surface area contributed by atoms with Gasteiger partial charge in [0.05, 0.1) is 11.1 Å². The fourth-order valence-electron chi connectivity index (χ4n) is 5.21. The van der Waals surface area contributed by atoms with Gasteiger partial charge in [0.25, 0.3) is 0 Å². The maximum atomic E-state index is 15.3. The minimum atomic E-state index is -0.189. The average molecular weight is 462 g/mol. The van der Waals surface area contributed by atoms with Gasteiger partial charge in [0, 0.05) is 67.1 Å². The van der Waals surface area contributed by atoms with Crippen LogP contribution in [0.2, 0.25) is 0 Å². The van der Waals surface area contributed by atoms with E-state index in [-0.39, 0.29) is 11.9 Å². The van der Waals surface area contributed by atoms with Crippen molar-refractivity contribution in [3.8, 4) is 11.1 Å². The van der Waals surface area contributed by atoms with Gasteiger partial charge in [-0.3, -0.25) is 0 Å². The quantitative estimate of drug-likeness (QED) is 0.480. The molecule has 0 saturated carbocycles. The molecular formula is C28H36FN5. The second-order valence-electron chi connectivity index (χ2n) is 10.2. The van der Waals surface area contributed by atoms with Crippen LogP contribution in [0, 0.1) is 12.7 Å². The van der Waals surface area contributed by atoms with Gasteiger partial charge in [0.2, 0.25) is 0 Å². The van der Waals surface area contributed by atoms with Gasteiger partial charge < -0.3 is 19.7 Å². The normalized spacial score (nSPS) is 17.2. The smallest absolute Gasteiger partial charge is 0.143 e. The molecule has 3 aromatic rings. The molecule has 2 aliphatic rings. The predicted octanol–water partition coefficient (Wildman–Crippen LogP) is 6.35. The number of fused-ring (bicyclic) bond motifs is 1. The number of benzene rings is 1. The molecule has 0 aliphatic carbocycles. The average Bonchev–Trinajstić information content (AvgIpc) is 3.47. The molecule has 2 aromatic heterocycles. The number of nitrogens with zero attached hydrogens (tertiary/aromatic N) is 4. The summed E-state index contributed by atoms with van der Waals surface area (Å²) in [6.45, 7) is 10.6. The molecule has 2 fully saturated rings. The molecule has 0 bridgehead atoms. The Balaban J connectivity index is 1.63. The van der Waals surface area contributed by atoms with Crippen molar-refractivity contribution in [1.82, 2.24) is 14.5 Å². The zero-order valence-corrected chi connectivity index (χ0v) is 20.9. The molecule has 1 N–H and O–H groups in total. The Morgan fingerprint density at radius 3 is 2.47 bits per heavy atom. The minimum absolute atomic E-state index is 0.189. The molecule has 0 unspecified atom stereocenters. The minimum Gasteiger partial charge on any atom is -0.372 e. The predicted molar refractivity (Wildman–Crippen MR) is 140 cm³/mol. The summed E-state index contributed by atoms with van der Waals surface area (Å²) >= 11 is 0. The molecule has 180 valence electrons. The third-order valence-corrected chi connectivity index (χ3v) is 7.24. The first kappa shape index (κ1) is 22.9. The van der Waals surface area contributed by atoms with E-state index in [1.165, 1.54) is 18.4 Å². The SMILES string of the molecule is Cc1cc(NC=C2CCN(C)CC2)c2c(-c3cc(N4CCCC4)ccc3F)cn(C(C)C)c2n1. The molecule has 0 radical (unpaired) electrons. The molecular weight excluding hydrogens is 425 g/mol. The number of hydrogen-bond donors (Lipinski definition) is 1. The van der Waals surface area contributed by atoms with Gasteiger partial charge in [-0.1, -0.05) is 5.57 Å². The van der Waals surface area contributed by atoms with Crippen LogP contribution in [0.3, 0.4) is 0 Å². The van der Waals surface area contributed by atoms with Crippen molar-refractivity contribution in [2.24, 2.45) is 0 Å². The van der Waals surface area contributed by atoms with Crippen molar-refractivity contribution in [2.45, 2.75) is 52.5 Å². The highest BCUT2D eigenvalue weighted by Gasteiger charge is 2.22. The molecule has 0 atom stereocenters. The van der Waals surface area contributed by atoms with E-state index in [4.69, 9.17) is 4.98 Å². The van der Waals surface area contributed by atoms with Gasteiger partial charge >= 0.3 is 0 Å². The number of likely N-dealkylation sites (tertiary alicyclic amines) is 1. The second-order valence-corrected chi connectivity index (χ2v) is 10.2. The number of aromatic nitrogens is 2. The van der Waals surface area contributed by atoms with Crippen LogP contribution in [-0.4, -0.2) is 47.7 Å². The summed E-state index contributed by atoms with van der Waals surface area (Å²) in [5.41, 5.74) is 6.92. The van der Waals surface area contributed by atoms with Crippen LogP contribution in [-0.2, 0) is 0 Å². The summed E-state index contributed by atoms with van der Waals surface area (Å²) in [5.74, 6) is -0.189. The van der Waals surface area contributed by atoms with E-state index in [0.29, 0.717) is 5.56 Å². The van der Waals surface area contributed by atoms with Crippen molar-refractivity contribution in [1.29, 1.82) is 0 Å². The fraction of sp³-hybridized carbons (Fsp3) is 0.464. The Kier molecular flexibility index (Phi) is 6.34. The lowest BCUT2D eigenvalue weighted by Gasteiger charge is -2.24. The van der Waals surface area contributed by atoms with Gasteiger partial charge in [0.15, 0.2) is 0 Å². The van der Waals surface area contributed by atoms with Crippen LogP contribution in [0.25, 0.3) is 22.2 Å². The highest BCUT2D eigenvalue weighted by molar-refractivity contribution is 6.03. The van der Waals surface area contributed by atoms with E-state index in [2.05, 4.69) is 59.0 Å². The first-order valence-corrected chi connectivity index (χ1v) is 12.6. The molecule has 5 rings (SSSR count). The van der Waals surface area contributed by atoms with Gasteiger partial charge in [-0.25, -0.2) is 9.37 Å². The van der Waals surface area contributed by atoms with Gasteiger partial charge in [-0.15, -0.1) is 0 Å². The lowest BCUT2D eigenvalue weighted by molar-refractivity contribution is 0.312. The molecule has 5 nitrogen and oxygen atoms in total. The maximum Gasteiger partial charge on any atom is 0.143 e. The number of anilines is 2. The largest absolute Gasteiger partial charge is 0.372 e. The fourth-order valence-corrected chi connectivity index (χ4v) is 5.21. The number of rotatable bonds is 5. The highest BCUT2D eigenvalue weighted by atomic mass is 19.1. The van der Waals surface area contributed by atoms with E-state index >= 15 is 4.39 Å². The van der Waals surface area contributed by atoms with E-state index < -0.39 is 0 Å². The van der Waals surface area contributed by atoms with Crippen molar-refractivity contribution in [3.05, 3.63) is 53.7 Å². The van der Waals surface area contributed by atoms with Crippen LogP contribution >= 0.6 is 0 Å². The van der Waals surface area contributed by atoms with Crippen LogP contribution in [0.5, 0.6) is 0 Å². The molecule has 6 heteroatoms. The van der Waals surface area contributed by atoms with Crippen molar-refractivity contribution in [2.75, 3.05) is 43.4 Å². The molecule has 2 saturated heterocycles. The van der Waals surface area contributed by atoms with Crippen molar-refractivity contribution in [3.63, 3.8) is 0 Å². The van der Waals surface area contributed by atoms with Crippen LogP contribution in [0.4, 0.5) is 15.8 Å². The Bertz CT molecular complexity index is 1210. The summed E-state index contributed by atoms with van der Waals surface area (Å²) in [7, 11) is 2.17. The third-order valence-electron chi connectivity index (χ3n) is 7.24. The first-order valence-electron chi connectivity index (χ1n) is 12.6. The van der Waals surface area contributed by atoms with Crippen LogP contribution in [0.1, 0.15) is 51.3 Å². The lowest BCUT2D eigenvalue weighted by Crippen LogP contribution is -2.26. The first-order chi connectivity index (χ1) is 16.4. The van der Waals surface area contributed by atoms with Gasteiger partial charge in [-0.2, -0.15) is 0 Å². The molecule has 34 heavy (non-hydrogen) atoms. The van der Waals surface area contributed by atoms with Gasteiger partial charge in [-0.05, 0) is 77.8 Å². The Morgan fingerprint density at radius 2 is 1.76 bits per heavy atom. The molecule has 4 heterocycles. The van der Waals surface area contributed by atoms with Crippen LogP contribution in [0.15, 0.2) is 42.2 Å². The second kappa shape index (κ2) is 9.41. The summed E-state index contributed by atoms with van der Waals surface area (Å²) in [5, 5.41) is 4.59. The lowest BCUT2D eigenvalue weighted by atomic mass is 10.0. The van der Waals surface area contributed by atoms with E-state index in [1.807, 2.05) is 19.1 Å². The summed E-state index contributed by atoms with van der Waals surface area (Å²) in [6.07, 6.45) is 8.78. The van der Waals surface area contributed by atoms with Gasteiger partial charge in [0.1, 0.15) is 11.5 Å². The number of aryl methyl sites for hydroxylation is 1. The van der Waals surface area contributed by atoms with Crippen molar-refractivity contribution < 1.29 is 4.39 Å². The molecule has 1 aromatic carbocycles. The summed E-state index contributed by atoms with van der Waals surface area (Å²) in [6, 6.07) is 7.87. The van der Waals surface area contributed by atoms with E-state index in [0.717, 1.165) is 72.7 Å². The van der Waals surface area contributed by atoms with Crippen molar-refractivity contribution >= 4 is 22.4 Å².